The van der Waals surface area contributed by atoms with E-state index in [9.17, 15) is 14.9 Å². The Labute approximate surface area is 163 Å². The van der Waals surface area contributed by atoms with E-state index in [-0.39, 0.29) is 12.2 Å². The van der Waals surface area contributed by atoms with Crippen molar-refractivity contribution in [3.05, 3.63) is 59.2 Å². The molecule has 1 amide bonds. The molecule has 0 aliphatic carbocycles. The van der Waals surface area contributed by atoms with Crippen LogP contribution in [0.5, 0.6) is 11.5 Å². The molecule has 7 nitrogen and oxygen atoms in total. The smallest absolute Gasteiger partial charge is 0.338 e. The largest absolute Gasteiger partial charge is 0.493 e. The van der Waals surface area contributed by atoms with Crippen molar-refractivity contribution in [3.63, 3.8) is 0 Å². The first-order valence-corrected chi connectivity index (χ1v) is 8.45. The summed E-state index contributed by atoms with van der Waals surface area (Å²) in [7, 11) is 2.98. The van der Waals surface area contributed by atoms with Crippen LogP contribution < -0.4 is 14.8 Å². The van der Waals surface area contributed by atoms with Crippen molar-refractivity contribution in [2.45, 2.75) is 6.92 Å². The molecule has 0 fully saturated rings. The Balaban J connectivity index is 2.22. The molecule has 0 radical (unpaired) electrons. The first-order chi connectivity index (χ1) is 13.5. The van der Waals surface area contributed by atoms with E-state index in [4.69, 9.17) is 14.2 Å². The zero-order valence-electron chi connectivity index (χ0n) is 15.8. The lowest BCUT2D eigenvalue weighted by atomic mass is 10.1. The van der Waals surface area contributed by atoms with Gasteiger partial charge in [0.2, 0.25) is 0 Å². The Morgan fingerprint density at radius 1 is 1.11 bits per heavy atom. The molecule has 0 heterocycles. The maximum Gasteiger partial charge on any atom is 0.338 e. The second-order valence-corrected chi connectivity index (χ2v) is 5.50. The highest BCUT2D eigenvalue weighted by Gasteiger charge is 2.14. The normalized spacial score (nSPS) is 10.6. The second-order valence-electron chi connectivity index (χ2n) is 5.50. The monoisotopic (exact) mass is 380 g/mol. The van der Waals surface area contributed by atoms with E-state index in [2.05, 4.69) is 5.32 Å². The molecule has 0 bridgehead atoms. The van der Waals surface area contributed by atoms with Crippen molar-refractivity contribution >= 4 is 23.6 Å². The number of esters is 1. The standard InChI is InChI=1S/C21H20N2O5/c1-4-28-21(25)14-8-10-17(11-9-14)23-20(24)16(13-22)12-15-6-5-7-18(26-2)19(15)27-3/h5-12H,4H2,1-3H3,(H,23,24). The van der Waals surface area contributed by atoms with Gasteiger partial charge in [-0.3, -0.25) is 4.79 Å². The van der Waals surface area contributed by atoms with Gasteiger partial charge >= 0.3 is 5.97 Å². The summed E-state index contributed by atoms with van der Waals surface area (Å²) in [4.78, 5) is 24.1. The van der Waals surface area contributed by atoms with Crippen LogP contribution in [0.25, 0.3) is 6.08 Å². The van der Waals surface area contributed by atoms with E-state index >= 15 is 0 Å². The fourth-order valence-electron chi connectivity index (χ4n) is 2.43. The number of anilines is 1. The van der Waals surface area contributed by atoms with Gasteiger partial charge in [-0.15, -0.1) is 0 Å². The molecule has 1 N–H and O–H groups in total. The van der Waals surface area contributed by atoms with Crippen LogP contribution in [0.4, 0.5) is 5.69 Å². The molecule has 0 aromatic heterocycles. The Morgan fingerprint density at radius 3 is 2.39 bits per heavy atom. The fraction of sp³-hybridized carbons (Fsp3) is 0.190. The Kier molecular flexibility index (Phi) is 7.17. The number of carbonyl (C=O) groups is 2. The number of rotatable bonds is 7. The van der Waals surface area contributed by atoms with Crippen molar-refractivity contribution in [2.24, 2.45) is 0 Å². The van der Waals surface area contributed by atoms with Crippen molar-refractivity contribution in [1.82, 2.24) is 0 Å². The van der Waals surface area contributed by atoms with E-state index in [0.717, 1.165) is 0 Å². The highest BCUT2D eigenvalue weighted by atomic mass is 16.5. The van der Waals surface area contributed by atoms with Gasteiger partial charge in [-0.25, -0.2) is 4.79 Å². The SMILES string of the molecule is CCOC(=O)c1ccc(NC(=O)C(C#N)=Cc2cccc(OC)c2OC)cc1. The molecular weight excluding hydrogens is 360 g/mol. The molecule has 0 aliphatic rings. The summed E-state index contributed by atoms with van der Waals surface area (Å²) >= 11 is 0. The predicted octanol–water partition coefficient (Wildman–Crippen LogP) is 3.43. The van der Waals surface area contributed by atoms with Crippen LogP contribution in [0.3, 0.4) is 0 Å². The van der Waals surface area contributed by atoms with Gasteiger partial charge in [0.1, 0.15) is 11.6 Å². The van der Waals surface area contributed by atoms with Gasteiger partial charge in [-0.1, -0.05) is 12.1 Å². The third-order valence-electron chi connectivity index (χ3n) is 3.75. The zero-order valence-corrected chi connectivity index (χ0v) is 15.8. The highest BCUT2D eigenvalue weighted by molar-refractivity contribution is 6.10. The molecule has 0 saturated heterocycles. The fourth-order valence-corrected chi connectivity index (χ4v) is 2.43. The second kappa shape index (κ2) is 9.78. The van der Waals surface area contributed by atoms with Gasteiger partial charge in [0, 0.05) is 11.3 Å². The van der Waals surface area contributed by atoms with Crippen LogP contribution in [0.2, 0.25) is 0 Å². The average molecular weight is 380 g/mol. The summed E-state index contributed by atoms with van der Waals surface area (Å²) < 4.78 is 15.4. The Bertz CT molecular complexity index is 927. The topological polar surface area (TPSA) is 97.7 Å². The number of carbonyl (C=O) groups excluding carboxylic acids is 2. The summed E-state index contributed by atoms with van der Waals surface area (Å²) in [5.74, 6) is -0.118. The third kappa shape index (κ3) is 4.89. The number of nitriles is 1. The molecule has 0 aliphatic heterocycles. The van der Waals surface area contributed by atoms with E-state index in [1.165, 1.54) is 32.4 Å². The summed E-state index contributed by atoms with van der Waals surface area (Å²) in [5, 5.41) is 12.0. The maximum atomic E-state index is 12.5. The van der Waals surface area contributed by atoms with Crippen molar-refractivity contribution in [2.75, 3.05) is 26.1 Å². The zero-order chi connectivity index (χ0) is 20.5. The van der Waals surface area contributed by atoms with Gasteiger partial charge in [-0.05, 0) is 43.3 Å². The van der Waals surface area contributed by atoms with Crippen LogP contribution in [-0.2, 0) is 9.53 Å². The number of methoxy groups -OCH3 is 2. The van der Waals surface area contributed by atoms with Crippen molar-refractivity contribution < 1.29 is 23.8 Å². The van der Waals surface area contributed by atoms with Crippen LogP contribution in [0.15, 0.2) is 48.0 Å². The maximum absolute atomic E-state index is 12.5. The van der Waals surface area contributed by atoms with E-state index in [1.54, 1.807) is 37.3 Å². The minimum atomic E-state index is -0.587. The summed E-state index contributed by atoms with van der Waals surface area (Å²) in [5.41, 5.74) is 1.24. The lowest BCUT2D eigenvalue weighted by Gasteiger charge is -2.10. The average Bonchev–Trinajstić information content (AvgIpc) is 2.72. The highest BCUT2D eigenvalue weighted by Crippen LogP contribution is 2.32. The minimum absolute atomic E-state index is 0.110. The number of hydrogen-bond donors (Lipinski definition) is 1. The van der Waals surface area contributed by atoms with Gasteiger partial charge < -0.3 is 19.5 Å². The first kappa shape index (κ1) is 20.5. The summed E-state index contributed by atoms with van der Waals surface area (Å²) in [6, 6.07) is 13.2. The van der Waals surface area contributed by atoms with Gasteiger partial charge in [0.25, 0.3) is 5.91 Å². The van der Waals surface area contributed by atoms with E-state index in [0.29, 0.717) is 28.3 Å². The van der Waals surface area contributed by atoms with Crippen LogP contribution in [0, 0.1) is 11.3 Å². The quantitative estimate of drug-likeness (QED) is 0.449. The predicted molar refractivity (Wildman–Crippen MR) is 104 cm³/mol. The third-order valence-corrected chi connectivity index (χ3v) is 3.75. The van der Waals surface area contributed by atoms with Gasteiger partial charge in [-0.2, -0.15) is 5.26 Å². The van der Waals surface area contributed by atoms with Crippen LogP contribution in [0.1, 0.15) is 22.8 Å². The molecule has 144 valence electrons. The molecule has 0 saturated carbocycles. The van der Waals surface area contributed by atoms with Crippen LogP contribution >= 0.6 is 0 Å². The molecule has 0 atom stereocenters. The summed E-state index contributed by atoms with van der Waals surface area (Å²) in [6.45, 7) is 2.00. The van der Waals surface area contributed by atoms with Gasteiger partial charge in [0.15, 0.2) is 11.5 Å². The number of para-hydroxylation sites is 1. The molecular formula is C21H20N2O5. The first-order valence-electron chi connectivity index (χ1n) is 8.45. The number of nitrogens with one attached hydrogen (secondary N) is 1. The number of benzene rings is 2. The number of amides is 1. The van der Waals surface area contributed by atoms with Crippen LogP contribution in [-0.4, -0.2) is 32.7 Å². The Morgan fingerprint density at radius 2 is 1.82 bits per heavy atom. The lowest BCUT2D eigenvalue weighted by molar-refractivity contribution is -0.112. The molecule has 28 heavy (non-hydrogen) atoms. The molecule has 2 aromatic rings. The number of hydrogen-bond acceptors (Lipinski definition) is 6. The number of ether oxygens (including phenoxy) is 3. The lowest BCUT2D eigenvalue weighted by Crippen LogP contribution is -2.13. The molecule has 2 aromatic carbocycles. The minimum Gasteiger partial charge on any atom is -0.493 e. The van der Waals surface area contributed by atoms with Crippen molar-refractivity contribution in [3.8, 4) is 17.6 Å². The van der Waals surface area contributed by atoms with E-state index < -0.39 is 11.9 Å². The molecule has 7 heteroatoms. The van der Waals surface area contributed by atoms with Gasteiger partial charge in [0.05, 0.1) is 26.4 Å². The molecule has 0 unspecified atom stereocenters. The molecule has 2 rings (SSSR count). The summed E-state index contributed by atoms with van der Waals surface area (Å²) in [6.07, 6.45) is 1.42. The number of nitrogens with zero attached hydrogens (tertiary/aromatic N) is 1. The van der Waals surface area contributed by atoms with E-state index in [1.807, 2.05) is 6.07 Å². The van der Waals surface area contributed by atoms with Crippen molar-refractivity contribution in [1.29, 1.82) is 5.26 Å². The Hall–Kier alpha value is -3.79. The molecule has 0 spiro atoms.